The van der Waals surface area contributed by atoms with Crippen molar-refractivity contribution < 1.29 is 9.32 Å². The van der Waals surface area contributed by atoms with Crippen molar-refractivity contribution >= 4 is 16.8 Å². The van der Waals surface area contributed by atoms with Gasteiger partial charge in [0.1, 0.15) is 0 Å². The van der Waals surface area contributed by atoms with E-state index in [9.17, 15) is 4.79 Å². The van der Waals surface area contributed by atoms with Crippen LogP contribution in [0.3, 0.4) is 0 Å². The molecule has 1 saturated heterocycles. The molecule has 1 amide bonds. The quantitative estimate of drug-likeness (QED) is 0.733. The van der Waals surface area contributed by atoms with Crippen molar-refractivity contribution in [2.24, 2.45) is 0 Å². The van der Waals surface area contributed by atoms with E-state index in [0.717, 1.165) is 32.5 Å². The van der Waals surface area contributed by atoms with Gasteiger partial charge in [0, 0.05) is 43.7 Å². The minimum absolute atomic E-state index is 0.220. The third kappa shape index (κ3) is 3.29. The number of aryl methyl sites for hydroxylation is 2. The van der Waals surface area contributed by atoms with Gasteiger partial charge in [0.25, 0.3) is 0 Å². The second-order valence-corrected chi connectivity index (χ2v) is 6.65. The molecule has 6 heteroatoms. The maximum atomic E-state index is 12.5. The van der Waals surface area contributed by atoms with Gasteiger partial charge in [-0.2, -0.15) is 4.98 Å². The lowest BCUT2D eigenvalue weighted by atomic mass is 9.96. The second kappa shape index (κ2) is 6.70. The van der Waals surface area contributed by atoms with Crippen LogP contribution in [0.5, 0.6) is 0 Å². The first-order valence-electron chi connectivity index (χ1n) is 8.82. The van der Waals surface area contributed by atoms with Crippen LogP contribution in [0.25, 0.3) is 10.9 Å². The zero-order chi connectivity index (χ0) is 17.2. The first kappa shape index (κ1) is 15.9. The molecule has 0 N–H and O–H groups in total. The van der Waals surface area contributed by atoms with Gasteiger partial charge in [-0.25, -0.2) is 0 Å². The van der Waals surface area contributed by atoms with Crippen LogP contribution in [-0.2, 0) is 11.3 Å². The van der Waals surface area contributed by atoms with E-state index >= 15 is 0 Å². The summed E-state index contributed by atoms with van der Waals surface area (Å²) in [6, 6.07) is 10.4. The molecule has 1 aliphatic rings. The number of rotatable bonds is 4. The molecule has 1 aliphatic heterocycles. The first-order valence-corrected chi connectivity index (χ1v) is 8.82. The minimum atomic E-state index is 0.220. The van der Waals surface area contributed by atoms with E-state index in [1.807, 2.05) is 24.0 Å². The van der Waals surface area contributed by atoms with Gasteiger partial charge >= 0.3 is 0 Å². The smallest absolute Gasteiger partial charge is 0.229 e. The van der Waals surface area contributed by atoms with Crippen molar-refractivity contribution in [3.05, 3.63) is 48.2 Å². The molecule has 1 fully saturated rings. The second-order valence-electron chi connectivity index (χ2n) is 6.65. The van der Waals surface area contributed by atoms with Crippen molar-refractivity contribution in [2.75, 3.05) is 13.1 Å². The van der Waals surface area contributed by atoms with Crippen LogP contribution in [0.4, 0.5) is 0 Å². The normalized spacial score (nSPS) is 15.8. The van der Waals surface area contributed by atoms with Crippen LogP contribution in [0, 0.1) is 6.92 Å². The summed E-state index contributed by atoms with van der Waals surface area (Å²) in [6.45, 7) is 4.07. The molecular formula is C19H22N4O2. The molecule has 2 aromatic heterocycles. The van der Waals surface area contributed by atoms with Crippen LogP contribution in [0.15, 0.2) is 41.1 Å². The average molecular weight is 338 g/mol. The number of carbonyl (C=O) groups is 1. The van der Waals surface area contributed by atoms with Crippen LogP contribution >= 0.6 is 0 Å². The molecule has 0 atom stereocenters. The fourth-order valence-electron chi connectivity index (χ4n) is 3.56. The van der Waals surface area contributed by atoms with Crippen molar-refractivity contribution in [1.29, 1.82) is 0 Å². The Morgan fingerprint density at radius 1 is 1.24 bits per heavy atom. The standard InChI is InChI=1S/C19H22N4O2/c1-14-20-19(25-21-14)16-7-11-23(12-8-16)18(24)9-13-22-10-6-15-4-2-3-5-17(15)22/h2-6,10,16H,7-9,11-13H2,1H3. The summed E-state index contributed by atoms with van der Waals surface area (Å²) >= 11 is 0. The third-order valence-electron chi connectivity index (χ3n) is 4.99. The number of amides is 1. The summed E-state index contributed by atoms with van der Waals surface area (Å²) in [5.41, 5.74) is 1.18. The van der Waals surface area contributed by atoms with Gasteiger partial charge in [0.15, 0.2) is 5.82 Å². The number of para-hydroxylation sites is 1. The number of aromatic nitrogens is 3. The Kier molecular flexibility index (Phi) is 4.26. The number of hydrogen-bond donors (Lipinski definition) is 0. The summed E-state index contributed by atoms with van der Waals surface area (Å²) < 4.78 is 7.42. The van der Waals surface area contributed by atoms with E-state index in [-0.39, 0.29) is 11.8 Å². The Bertz CT molecular complexity index is 874. The van der Waals surface area contributed by atoms with Crippen LogP contribution in [-0.4, -0.2) is 38.6 Å². The van der Waals surface area contributed by atoms with Crippen LogP contribution in [0.1, 0.15) is 36.9 Å². The predicted octanol–water partition coefficient (Wildman–Crippen LogP) is 3.13. The van der Waals surface area contributed by atoms with Crippen molar-refractivity contribution in [3.63, 3.8) is 0 Å². The van der Waals surface area contributed by atoms with Gasteiger partial charge in [-0.3, -0.25) is 4.79 Å². The number of carbonyl (C=O) groups excluding carboxylic acids is 1. The number of fused-ring (bicyclic) bond motifs is 1. The lowest BCUT2D eigenvalue weighted by Gasteiger charge is -2.30. The lowest BCUT2D eigenvalue weighted by molar-refractivity contribution is -0.132. The van der Waals surface area contributed by atoms with Crippen molar-refractivity contribution in [3.8, 4) is 0 Å². The van der Waals surface area contributed by atoms with Crippen LogP contribution < -0.4 is 0 Å². The van der Waals surface area contributed by atoms with Crippen LogP contribution in [0.2, 0.25) is 0 Å². The molecule has 0 radical (unpaired) electrons. The molecule has 6 nitrogen and oxygen atoms in total. The Labute approximate surface area is 146 Å². The SMILES string of the molecule is Cc1noc(C2CCN(C(=O)CCn3ccc4ccccc43)CC2)n1. The highest BCUT2D eigenvalue weighted by Gasteiger charge is 2.27. The number of likely N-dealkylation sites (tertiary alicyclic amines) is 1. The summed E-state index contributed by atoms with van der Waals surface area (Å²) in [5.74, 6) is 1.88. The van der Waals surface area contributed by atoms with Gasteiger partial charge in [0.05, 0.1) is 0 Å². The van der Waals surface area contributed by atoms with E-state index in [0.29, 0.717) is 18.1 Å². The largest absolute Gasteiger partial charge is 0.347 e. The van der Waals surface area contributed by atoms with E-state index < -0.39 is 0 Å². The highest BCUT2D eigenvalue weighted by atomic mass is 16.5. The number of benzene rings is 1. The Balaban J connectivity index is 1.32. The molecule has 0 unspecified atom stereocenters. The molecule has 0 aliphatic carbocycles. The number of piperidine rings is 1. The maximum absolute atomic E-state index is 12.5. The highest BCUT2D eigenvalue weighted by molar-refractivity contribution is 5.80. The Hall–Kier alpha value is -2.63. The molecule has 130 valence electrons. The molecular weight excluding hydrogens is 316 g/mol. The summed E-state index contributed by atoms with van der Waals surface area (Å²) in [6.07, 6.45) is 4.37. The van der Waals surface area contributed by atoms with Gasteiger partial charge in [-0.1, -0.05) is 23.4 Å². The Morgan fingerprint density at radius 2 is 2.04 bits per heavy atom. The highest BCUT2D eigenvalue weighted by Crippen LogP contribution is 2.27. The third-order valence-corrected chi connectivity index (χ3v) is 4.99. The molecule has 1 aromatic carbocycles. The van der Waals surface area contributed by atoms with Gasteiger partial charge in [-0.15, -0.1) is 0 Å². The molecule has 0 spiro atoms. The summed E-state index contributed by atoms with van der Waals surface area (Å²) in [4.78, 5) is 18.8. The van der Waals surface area contributed by atoms with Crippen molar-refractivity contribution in [2.45, 2.75) is 38.6 Å². The molecule has 3 aromatic rings. The zero-order valence-electron chi connectivity index (χ0n) is 14.4. The van der Waals surface area contributed by atoms with Gasteiger partial charge in [0.2, 0.25) is 11.8 Å². The monoisotopic (exact) mass is 338 g/mol. The molecule has 4 rings (SSSR count). The lowest BCUT2D eigenvalue weighted by Crippen LogP contribution is -2.38. The molecule has 0 saturated carbocycles. The molecule has 25 heavy (non-hydrogen) atoms. The average Bonchev–Trinajstić information content (AvgIpc) is 3.26. The van der Waals surface area contributed by atoms with E-state index in [1.54, 1.807) is 0 Å². The van der Waals surface area contributed by atoms with Gasteiger partial charge in [-0.05, 0) is 37.3 Å². The minimum Gasteiger partial charge on any atom is -0.347 e. The van der Waals surface area contributed by atoms with E-state index in [2.05, 4.69) is 39.1 Å². The molecule has 3 heterocycles. The fraction of sp³-hybridized carbons (Fsp3) is 0.421. The maximum Gasteiger partial charge on any atom is 0.229 e. The Morgan fingerprint density at radius 3 is 2.80 bits per heavy atom. The first-order chi connectivity index (χ1) is 12.2. The van der Waals surface area contributed by atoms with Crippen molar-refractivity contribution in [1.82, 2.24) is 19.6 Å². The predicted molar refractivity (Wildman–Crippen MR) is 94.1 cm³/mol. The topological polar surface area (TPSA) is 64.2 Å². The van der Waals surface area contributed by atoms with E-state index in [1.165, 1.54) is 10.9 Å². The summed E-state index contributed by atoms with van der Waals surface area (Å²) in [7, 11) is 0. The molecule has 0 bridgehead atoms. The number of hydrogen-bond acceptors (Lipinski definition) is 4. The fourth-order valence-corrected chi connectivity index (χ4v) is 3.56. The van der Waals surface area contributed by atoms with Gasteiger partial charge < -0.3 is 14.0 Å². The zero-order valence-corrected chi connectivity index (χ0v) is 14.4. The van der Waals surface area contributed by atoms with E-state index in [4.69, 9.17) is 4.52 Å². The number of nitrogens with zero attached hydrogens (tertiary/aromatic N) is 4. The summed E-state index contributed by atoms with van der Waals surface area (Å²) in [5, 5.41) is 5.07.